The Morgan fingerprint density at radius 1 is 1.28 bits per heavy atom. The van der Waals surface area contributed by atoms with Crippen LogP contribution < -0.4 is 11.1 Å². The molecule has 1 fully saturated rings. The molecule has 1 amide bonds. The van der Waals surface area contributed by atoms with Gasteiger partial charge < -0.3 is 16.0 Å². The van der Waals surface area contributed by atoms with Gasteiger partial charge in [-0.25, -0.2) is 9.37 Å². The van der Waals surface area contributed by atoms with Crippen molar-refractivity contribution in [1.82, 2.24) is 19.7 Å². The van der Waals surface area contributed by atoms with Crippen LogP contribution in [0.15, 0.2) is 30.6 Å². The van der Waals surface area contributed by atoms with Crippen molar-refractivity contribution in [2.75, 3.05) is 31.7 Å². The first-order chi connectivity index (χ1) is 16.9. The van der Waals surface area contributed by atoms with Gasteiger partial charge in [0.25, 0.3) is 5.91 Å². The number of nitrogen functional groups attached to an aromatic ring is 1. The van der Waals surface area contributed by atoms with E-state index in [1.165, 1.54) is 37.3 Å². The Balaban J connectivity index is 1.57. The van der Waals surface area contributed by atoms with Gasteiger partial charge in [-0.15, -0.1) is 0 Å². The lowest BCUT2D eigenvalue weighted by molar-refractivity contribution is -0.145. The zero-order chi connectivity index (χ0) is 26.0. The topological polar surface area (TPSA) is 89.1 Å². The van der Waals surface area contributed by atoms with Crippen LogP contribution in [0.1, 0.15) is 46.9 Å². The predicted octanol–water partition coefficient (Wildman–Crippen LogP) is 5.13. The van der Waals surface area contributed by atoms with E-state index in [1.807, 2.05) is 0 Å². The Morgan fingerprint density at radius 3 is 2.72 bits per heavy atom. The number of carbonyl (C=O) groups is 1. The number of fused-ring (bicyclic) bond motifs is 2. The van der Waals surface area contributed by atoms with Crippen molar-refractivity contribution in [2.24, 2.45) is 0 Å². The van der Waals surface area contributed by atoms with Crippen molar-refractivity contribution in [3.8, 4) is 11.1 Å². The van der Waals surface area contributed by atoms with Crippen LogP contribution in [0.5, 0.6) is 0 Å². The number of amides is 1. The summed E-state index contributed by atoms with van der Waals surface area (Å²) in [4.78, 5) is 18.2. The minimum atomic E-state index is -4.52. The van der Waals surface area contributed by atoms with Crippen LogP contribution in [-0.2, 0) is 11.6 Å². The van der Waals surface area contributed by atoms with E-state index in [4.69, 9.17) is 17.3 Å². The third-order valence-electron chi connectivity index (χ3n) is 7.11. The summed E-state index contributed by atoms with van der Waals surface area (Å²) in [6.07, 6.45) is -0.570. The number of benzene rings is 1. The molecule has 0 bridgehead atoms. The summed E-state index contributed by atoms with van der Waals surface area (Å²) in [5.41, 5.74) is 5.23. The molecular formula is C24H23ClF4N6O. The van der Waals surface area contributed by atoms with Gasteiger partial charge in [0.2, 0.25) is 0 Å². The van der Waals surface area contributed by atoms with Crippen LogP contribution in [0.2, 0.25) is 5.02 Å². The highest BCUT2D eigenvalue weighted by molar-refractivity contribution is 6.34. The van der Waals surface area contributed by atoms with Crippen molar-refractivity contribution in [1.29, 1.82) is 0 Å². The third-order valence-corrected chi connectivity index (χ3v) is 7.51. The van der Waals surface area contributed by atoms with E-state index in [0.717, 1.165) is 16.9 Å². The molecule has 12 heteroatoms. The molecule has 3 heterocycles. The molecule has 1 aromatic carbocycles. The number of halogens is 5. The fourth-order valence-corrected chi connectivity index (χ4v) is 5.84. The SMILES string of the molecule is CN(C)C(=O)c1c(N)ccc(-c2cnc3c(c2Cl)C2(CCC(n4nccc4C(F)(F)F)C2)CN3)c1F. The first kappa shape index (κ1) is 24.4. The second kappa shape index (κ2) is 8.36. The van der Waals surface area contributed by atoms with E-state index in [9.17, 15) is 18.0 Å². The molecule has 36 heavy (non-hydrogen) atoms. The number of nitrogens with one attached hydrogen (secondary N) is 1. The Morgan fingerprint density at radius 2 is 2.03 bits per heavy atom. The number of anilines is 2. The minimum Gasteiger partial charge on any atom is -0.398 e. The van der Waals surface area contributed by atoms with Crippen LogP contribution in [0.25, 0.3) is 11.1 Å². The van der Waals surface area contributed by atoms with Crippen LogP contribution in [-0.4, -0.2) is 46.2 Å². The maximum Gasteiger partial charge on any atom is 0.433 e. The van der Waals surface area contributed by atoms with Gasteiger partial charge in [-0.05, 0) is 37.5 Å². The zero-order valence-corrected chi connectivity index (χ0v) is 20.2. The average molecular weight is 523 g/mol. The summed E-state index contributed by atoms with van der Waals surface area (Å²) >= 11 is 6.87. The molecular weight excluding hydrogens is 500 g/mol. The quantitative estimate of drug-likeness (QED) is 0.368. The molecule has 7 nitrogen and oxygen atoms in total. The van der Waals surface area contributed by atoms with Crippen LogP contribution in [0.3, 0.4) is 0 Å². The highest BCUT2D eigenvalue weighted by Gasteiger charge is 2.49. The summed E-state index contributed by atoms with van der Waals surface area (Å²) in [5.74, 6) is -0.886. The Kier molecular flexibility index (Phi) is 5.66. The van der Waals surface area contributed by atoms with Crippen LogP contribution in [0, 0.1) is 5.82 Å². The number of rotatable bonds is 3. The molecule has 3 aromatic rings. The second-order valence-corrected chi connectivity index (χ2v) is 9.87. The van der Waals surface area contributed by atoms with E-state index in [-0.39, 0.29) is 27.4 Å². The Hall–Kier alpha value is -3.34. The lowest BCUT2D eigenvalue weighted by atomic mass is 9.80. The van der Waals surface area contributed by atoms with E-state index in [1.54, 1.807) is 0 Å². The van der Waals surface area contributed by atoms with Crippen molar-refractivity contribution in [3.05, 3.63) is 58.3 Å². The van der Waals surface area contributed by atoms with Gasteiger partial charge in [0, 0.05) is 60.8 Å². The van der Waals surface area contributed by atoms with Gasteiger partial charge in [0.15, 0.2) is 0 Å². The molecule has 0 radical (unpaired) electrons. The van der Waals surface area contributed by atoms with Gasteiger partial charge in [-0.1, -0.05) is 11.6 Å². The molecule has 5 rings (SSSR count). The standard InChI is InChI=1S/C24H23ClF4N6O/c1-34(2)22(36)17-15(30)4-3-13(20(17)26)14-10-31-21-18(19(14)25)23(11-32-21)7-5-12(9-23)35-16(6-8-33-35)24(27,28)29/h3-4,6,8,10,12H,5,7,9,11,30H2,1-2H3,(H,31,32). The van der Waals surface area contributed by atoms with E-state index in [2.05, 4.69) is 15.4 Å². The number of aromatic nitrogens is 3. The second-order valence-electron chi connectivity index (χ2n) is 9.49. The van der Waals surface area contributed by atoms with Crippen molar-refractivity contribution >= 4 is 29.0 Å². The van der Waals surface area contributed by atoms with Crippen LogP contribution >= 0.6 is 11.6 Å². The largest absolute Gasteiger partial charge is 0.433 e. The van der Waals surface area contributed by atoms with Gasteiger partial charge in [-0.2, -0.15) is 18.3 Å². The summed E-state index contributed by atoms with van der Waals surface area (Å²) in [7, 11) is 2.99. The monoisotopic (exact) mass is 522 g/mol. The number of alkyl halides is 3. The maximum absolute atomic E-state index is 15.6. The van der Waals surface area contributed by atoms with Crippen LogP contribution in [0.4, 0.5) is 29.1 Å². The maximum atomic E-state index is 15.6. The van der Waals surface area contributed by atoms with Gasteiger partial charge in [0.1, 0.15) is 17.3 Å². The summed E-state index contributed by atoms with van der Waals surface area (Å²) in [5, 5.41) is 7.41. The summed E-state index contributed by atoms with van der Waals surface area (Å²) in [6.45, 7) is 0.437. The molecule has 1 spiro atoms. The number of nitrogens with two attached hydrogens (primary N) is 1. The Bertz CT molecular complexity index is 1370. The van der Waals surface area contributed by atoms with E-state index >= 15 is 4.39 Å². The molecule has 2 aromatic heterocycles. The predicted molar refractivity (Wildman–Crippen MR) is 127 cm³/mol. The molecule has 0 saturated heterocycles. The molecule has 1 aliphatic carbocycles. The summed E-state index contributed by atoms with van der Waals surface area (Å²) < 4.78 is 57.1. The van der Waals surface area contributed by atoms with Crippen molar-refractivity contribution < 1.29 is 22.4 Å². The van der Waals surface area contributed by atoms with E-state index < -0.39 is 35.1 Å². The van der Waals surface area contributed by atoms with Crippen molar-refractivity contribution in [3.63, 3.8) is 0 Å². The molecule has 1 aliphatic heterocycles. The zero-order valence-electron chi connectivity index (χ0n) is 19.5. The van der Waals surface area contributed by atoms with E-state index in [0.29, 0.717) is 37.2 Å². The highest BCUT2D eigenvalue weighted by atomic mass is 35.5. The number of hydrogen-bond acceptors (Lipinski definition) is 5. The minimum absolute atomic E-state index is 0.00310. The first-order valence-corrected chi connectivity index (χ1v) is 11.7. The average Bonchev–Trinajstić information content (AvgIpc) is 3.54. The lowest BCUT2D eigenvalue weighted by Crippen LogP contribution is -2.27. The number of carbonyl (C=O) groups excluding carboxylic acids is 1. The third kappa shape index (κ3) is 3.68. The van der Waals surface area contributed by atoms with Gasteiger partial charge in [-0.3, -0.25) is 9.48 Å². The molecule has 1 saturated carbocycles. The molecule has 2 atom stereocenters. The molecule has 2 unspecified atom stereocenters. The smallest absolute Gasteiger partial charge is 0.398 e. The molecule has 190 valence electrons. The number of hydrogen-bond donors (Lipinski definition) is 2. The fourth-order valence-electron chi connectivity index (χ4n) is 5.40. The normalized spacial score (nSPS) is 21.0. The fraction of sp³-hybridized carbons (Fsp3) is 0.375. The summed E-state index contributed by atoms with van der Waals surface area (Å²) in [6, 6.07) is 3.36. The van der Waals surface area contributed by atoms with Gasteiger partial charge in [0.05, 0.1) is 16.6 Å². The first-order valence-electron chi connectivity index (χ1n) is 11.3. The molecule has 2 aliphatic rings. The Labute approximate surface area is 209 Å². The van der Waals surface area contributed by atoms with Crippen molar-refractivity contribution in [2.45, 2.75) is 36.9 Å². The lowest BCUT2D eigenvalue weighted by Gasteiger charge is -2.26. The highest BCUT2D eigenvalue weighted by Crippen LogP contribution is 2.55. The number of pyridine rings is 1. The number of nitrogens with zero attached hydrogens (tertiary/aromatic N) is 4. The molecule has 3 N–H and O–H groups in total. The van der Waals surface area contributed by atoms with Gasteiger partial charge >= 0.3 is 6.18 Å².